The van der Waals surface area contributed by atoms with Gasteiger partial charge >= 0.3 is 0 Å². The number of nitro benzene ring substituents is 1. The van der Waals surface area contributed by atoms with E-state index in [0.717, 1.165) is 0 Å². The van der Waals surface area contributed by atoms with Crippen molar-refractivity contribution in [2.75, 3.05) is 13.1 Å². The number of ether oxygens (including phenoxy) is 1. The summed E-state index contributed by atoms with van der Waals surface area (Å²) in [6, 6.07) is 5.21. The minimum Gasteiger partial charge on any atom is -0.373 e. The first-order valence-electron chi connectivity index (χ1n) is 7.59. The van der Waals surface area contributed by atoms with E-state index in [-0.39, 0.29) is 23.5 Å². The molecule has 1 aliphatic heterocycles. The molecule has 1 aromatic rings. The number of morpholine rings is 1. The molecular formula is C15H18Cl3N3O4. The highest BCUT2D eigenvalue weighted by Gasteiger charge is 2.41. The molecule has 0 unspecified atom stereocenters. The number of rotatable bonds is 4. The predicted octanol–water partition coefficient (Wildman–Crippen LogP) is 3.13. The van der Waals surface area contributed by atoms with Gasteiger partial charge in [-0.25, -0.2) is 0 Å². The van der Waals surface area contributed by atoms with Crippen molar-refractivity contribution in [3.63, 3.8) is 0 Å². The molecular weight excluding hydrogens is 393 g/mol. The Bertz CT molecular complexity index is 626. The molecule has 0 spiro atoms. The average Bonchev–Trinajstić information content (AvgIpc) is 2.50. The van der Waals surface area contributed by atoms with Gasteiger partial charge in [0.05, 0.1) is 17.1 Å². The molecule has 1 saturated heterocycles. The summed E-state index contributed by atoms with van der Waals surface area (Å²) in [5.74, 6) is -0.488. The normalized spacial score (nSPS) is 23.1. The summed E-state index contributed by atoms with van der Waals surface area (Å²) in [4.78, 5) is 24.5. The molecule has 1 heterocycles. The topological polar surface area (TPSA) is 84.7 Å². The third-order valence-corrected chi connectivity index (χ3v) is 4.35. The van der Waals surface area contributed by atoms with E-state index in [2.05, 4.69) is 5.32 Å². The Morgan fingerprint density at radius 1 is 1.28 bits per heavy atom. The Hall–Kier alpha value is -1.12. The number of nitro groups is 1. The highest BCUT2D eigenvalue weighted by Crippen LogP contribution is 2.33. The van der Waals surface area contributed by atoms with E-state index in [1.807, 2.05) is 18.7 Å². The van der Waals surface area contributed by atoms with E-state index in [1.54, 1.807) is 0 Å². The standard InChI is InChI=1S/C15H18Cl3N3O4/c1-9-7-20(8-10(2)25-9)14(15(16,17)18)19-13(22)11-3-5-12(6-4-11)21(23)24/h3-6,9-10,14H,7-8H2,1-2H3,(H,19,22)/t9-,10-,14-/m1/s1. The van der Waals surface area contributed by atoms with Gasteiger partial charge in [-0.2, -0.15) is 0 Å². The van der Waals surface area contributed by atoms with Crippen LogP contribution < -0.4 is 5.32 Å². The number of benzene rings is 1. The molecule has 10 heteroatoms. The number of halogens is 3. The summed E-state index contributed by atoms with van der Waals surface area (Å²) in [5, 5.41) is 13.4. The Morgan fingerprint density at radius 2 is 1.80 bits per heavy atom. The van der Waals surface area contributed by atoms with Crippen molar-refractivity contribution in [2.45, 2.75) is 36.0 Å². The SMILES string of the molecule is C[C@@H]1CN([C@@H](NC(=O)c2ccc([N+](=O)[O-])cc2)C(Cl)(Cl)Cl)C[C@@H](C)O1. The quantitative estimate of drug-likeness (QED) is 0.468. The van der Waals surface area contributed by atoms with Gasteiger partial charge in [0.15, 0.2) is 0 Å². The van der Waals surface area contributed by atoms with Crippen LogP contribution in [-0.2, 0) is 4.74 Å². The molecule has 2 rings (SSSR count). The molecule has 0 saturated carbocycles. The molecule has 3 atom stereocenters. The fraction of sp³-hybridized carbons (Fsp3) is 0.533. The van der Waals surface area contributed by atoms with Crippen LogP contribution in [-0.4, -0.2) is 51.0 Å². The highest BCUT2D eigenvalue weighted by molar-refractivity contribution is 6.68. The Labute approximate surface area is 160 Å². The molecule has 1 N–H and O–H groups in total. The first-order chi connectivity index (χ1) is 11.6. The summed E-state index contributed by atoms with van der Waals surface area (Å²) < 4.78 is 3.90. The van der Waals surface area contributed by atoms with E-state index in [0.29, 0.717) is 13.1 Å². The number of non-ortho nitro benzene ring substituents is 1. The second-order valence-electron chi connectivity index (χ2n) is 5.93. The lowest BCUT2D eigenvalue weighted by molar-refractivity contribution is -0.384. The molecule has 7 nitrogen and oxygen atoms in total. The van der Waals surface area contributed by atoms with Crippen LogP contribution in [0.1, 0.15) is 24.2 Å². The van der Waals surface area contributed by atoms with Crippen molar-refractivity contribution < 1.29 is 14.5 Å². The number of hydrogen-bond acceptors (Lipinski definition) is 5. The molecule has 0 aromatic heterocycles. The molecule has 0 radical (unpaired) electrons. The summed E-state index contributed by atoms with van der Waals surface area (Å²) >= 11 is 18.2. The van der Waals surface area contributed by atoms with Crippen LogP contribution >= 0.6 is 34.8 Å². The summed E-state index contributed by atoms with van der Waals surface area (Å²) in [6.07, 6.45) is -1.02. The predicted molar refractivity (Wildman–Crippen MR) is 96.2 cm³/mol. The van der Waals surface area contributed by atoms with Gasteiger partial charge in [-0.3, -0.25) is 19.8 Å². The van der Waals surface area contributed by atoms with Gasteiger partial charge in [-0.15, -0.1) is 0 Å². The first kappa shape index (κ1) is 20.2. The fourth-order valence-electron chi connectivity index (χ4n) is 2.75. The lowest BCUT2D eigenvalue weighted by atomic mass is 10.2. The molecule has 1 aliphatic rings. The number of nitrogens with zero attached hydrogens (tertiary/aromatic N) is 2. The van der Waals surface area contributed by atoms with Gasteiger partial charge in [-0.05, 0) is 26.0 Å². The molecule has 1 fully saturated rings. The van der Waals surface area contributed by atoms with Crippen molar-refractivity contribution in [1.82, 2.24) is 10.2 Å². The number of amides is 1. The summed E-state index contributed by atoms with van der Waals surface area (Å²) in [7, 11) is 0. The van der Waals surface area contributed by atoms with Gasteiger partial charge in [-0.1, -0.05) is 34.8 Å². The molecule has 1 aromatic carbocycles. The second-order valence-corrected chi connectivity index (χ2v) is 8.30. The number of carbonyl (C=O) groups excluding carboxylic acids is 1. The third-order valence-electron chi connectivity index (χ3n) is 3.73. The van der Waals surface area contributed by atoms with Crippen LogP contribution in [0.3, 0.4) is 0 Å². The summed E-state index contributed by atoms with van der Waals surface area (Å²) in [6.45, 7) is 4.78. The van der Waals surface area contributed by atoms with Crippen LogP contribution in [0, 0.1) is 10.1 Å². The van der Waals surface area contributed by atoms with Crippen molar-refractivity contribution >= 4 is 46.4 Å². The van der Waals surface area contributed by atoms with E-state index in [9.17, 15) is 14.9 Å². The molecule has 138 valence electrons. The maximum absolute atomic E-state index is 12.5. The Morgan fingerprint density at radius 3 is 2.24 bits per heavy atom. The van der Waals surface area contributed by atoms with E-state index in [4.69, 9.17) is 39.5 Å². The van der Waals surface area contributed by atoms with Crippen LogP contribution in [0.2, 0.25) is 0 Å². The number of alkyl halides is 3. The third kappa shape index (κ3) is 5.43. The zero-order valence-corrected chi connectivity index (χ0v) is 15.9. The minimum atomic E-state index is -1.76. The molecule has 0 bridgehead atoms. The van der Waals surface area contributed by atoms with Crippen LogP contribution in [0.4, 0.5) is 5.69 Å². The van der Waals surface area contributed by atoms with Gasteiger partial charge in [0, 0.05) is 30.8 Å². The van der Waals surface area contributed by atoms with Crippen molar-refractivity contribution in [2.24, 2.45) is 0 Å². The maximum Gasteiger partial charge on any atom is 0.269 e. The number of nitrogens with one attached hydrogen (secondary N) is 1. The Kier molecular flexibility index (Phi) is 6.51. The highest BCUT2D eigenvalue weighted by atomic mass is 35.6. The average molecular weight is 411 g/mol. The Balaban J connectivity index is 2.16. The van der Waals surface area contributed by atoms with E-state index in [1.165, 1.54) is 24.3 Å². The minimum absolute atomic E-state index is 0.0742. The maximum atomic E-state index is 12.5. The van der Waals surface area contributed by atoms with Gasteiger partial charge in [0.1, 0.15) is 6.17 Å². The monoisotopic (exact) mass is 409 g/mol. The molecule has 1 amide bonds. The van der Waals surface area contributed by atoms with Crippen LogP contribution in [0.15, 0.2) is 24.3 Å². The zero-order valence-electron chi connectivity index (χ0n) is 13.6. The van der Waals surface area contributed by atoms with Crippen molar-refractivity contribution in [1.29, 1.82) is 0 Å². The second kappa shape index (κ2) is 8.05. The number of carbonyl (C=O) groups is 1. The number of hydrogen-bond donors (Lipinski definition) is 1. The largest absolute Gasteiger partial charge is 0.373 e. The van der Waals surface area contributed by atoms with Gasteiger partial charge < -0.3 is 10.1 Å². The smallest absolute Gasteiger partial charge is 0.269 e. The first-order valence-corrected chi connectivity index (χ1v) is 8.73. The van der Waals surface area contributed by atoms with Crippen molar-refractivity contribution in [3.05, 3.63) is 39.9 Å². The summed E-state index contributed by atoms with van der Waals surface area (Å²) in [5.41, 5.74) is 0.129. The van der Waals surface area contributed by atoms with Crippen LogP contribution in [0.25, 0.3) is 0 Å². The molecule has 0 aliphatic carbocycles. The van der Waals surface area contributed by atoms with Crippen molar-refractivity contribution in [3.8, 4) is 0 Å². The zero-order chi connectivity index (χ0) is 18.8. The van der Waals surface area contributed by atoms with E-state index < -0.39 is 20.8 Å². The van der Waals surface area contributed by atoms with Crippen LogP contribution in [0.5, 0.6) is 0 Å². The van der Waals surface area contributed by atoms with Gasteiger partial charge in [0.2, 0.25) is 3.79 Å². The lowest BCUT2D eigenvalue weighted by Gasteiger charge is -2.42. The van der Waals surface area contributed by atoms with E-state index >= 15 is 0 Å². The lowest BCUT2D eigenvalue weighted by Crippen LogP contribution is -2.60. The van der Waals surface area contributed by atoms with Gasteiger partial charge in [0.25, 0.3) is 11.6 Å². The fourth-order valence-corrected chi connectivity index (χ4v) is 3.33. The molecule has 25 heavy (non-hydrogen) atoms.